The molecular weight excluding hydrogens is 534 g/mol. The zero-order chi connectivity index (χ0) is 12.2. The molecule has 0 saturated carbocycles. The van der Waals surface area contributed by atoms with E-state index in [0.717, 1.165) is 0 Å². The van der Waals surface area contributed by atoms with Gasteiger partial charge in [-0.15, -0.1) is 0 Å². The molecule has 0 aromatic heterocycles. The molecule has 4 nitrogen and oxygen atoms in total. The molecule has 0 aromatic rings. The van der Waals surface area contributed by atoms with Crippen molar-refractivity contribution >= 4 is 108 Å². The number of hydrogen-bond acceptors (Lipinski definition) is 2. The summed E-state index contributed by atoms with van der Waals surface area (Å²) in [4.78, 5) is 19.2. The summed E-state index contributed by atoms with van der Waals surface area (Å²) in [5.41, 5.74) is 0. The molecule has 0 bridgehead atoms. The summed E-state index contributed by atoms with van der Waals surface area (Å²) in [6.07, 6.45) is 0. The van der Waals surface area contributed by atoms with Gasteiger partial charge in [-0.25, -0.2) is 9.59 Å². The molecule has 0 saturated heterocycles. The van der Waals surface area contributed by atoms with Gasteiger partial charge in [0.15, 0.2) is 0 Å². The molecule has 0 unspecified atom stereocenters. The van der Waals surface area contributed by atoms with Crippen LogP contribution in [0.1, 0.15) is 0 Å². The van der Waals surface area contributed by atoms with Crippen molar-refractivity contribution in [3.63, 3.8) is 0 Å². The molecule has 0 rings (SSSR count). The van der Waals surface area contributed by atoms with Crippen LogP contribution in [0.5, 0.6) is 0 Å². The van der Waals surface area contributed by atoms with Gasteiger partial charge in [0.05, 0.1) is 0 Å². The Labute approximate surface area is 134 Å². The summed E-state index contributed by atoms with van der Waals surface area (Å²) in [5, 5.41) is 15.7. The summed E-state index contributed by atoms with van der Waals surface area (Å²) in [7, 11) is 0. The second-order valence-electron chi connectivity index (χ2n) is 1.61. The summed E-state index contributed by atoms with van der Waals surface area (Å²) in [6.45, 7) is 0. The fourth-order valence-electron chi connectivity index (χ4n) is 0. The van der Waals surface area contributed by atoms with Crippen LogP contribution in [0.25, 0.3) is 0 Å². The Kier molecular flexibility index (Phi) is 12.5. The monoisotopic (exact) mass is 533 g/mol. The molecule has 0 aromatic carbocycles. The van der Waals surface area contributed by atoms with E-state index in [1.54, 1.807) is 0 Å². The Hall–Kier alpha value is 1.56. The van der Waals surface area contributed by atoms with Crippen LogP contribution in [0.15, 0.2) is 0 Å². The first kappa shape index (κ1) is 21.8. The van der Waals surface area contributed by atoms with Gasteiger partial charge in [0, 0.05) is 26.2 Å². The number of alkyl halides is 6. The van der Waals surface area contributed by atoms with Crippen molar-refractivity contribution in [3.8, 4) is 0 Å². The summed E-state index contributed by atoms with van der Waals surface area (Å²) >= 11 is 28.8. The Balaban J connectivity index is -0.000000180. The molecule has 89 valence electrons. The van der Waals surface area contributed by atoms with Gasteiger partial charge in [0.25, 0.3) is 7.59 Å². The first-order valence-corrected chi connectivity index (χ1v) is 4.76. The van der Waals surface area contributed by atoms with E-state index in [1.165, 1.54) is 0 Å². The minimum absolute atomic E-state index is 0. The number of halogens is 6. The summed E-state index contributed by atoms with van der Waals surface area (Å²) in [6, 6.07) is 0. The maximum Gasteiger partial charge on any atom is 0.356 e. The van der Waals surface area contributed by atoms with Crippen LogP contribution in [0.4, 0.5) is 0 Å². The van der Waals surface area contributed by atoms with E-state index in [1.807, 2.05) is 0 Å². The van der Waals surface area contributed by atoms with Crippen molar-refractivity contribution in [3.05, 3.63) is 0 Å². The SMILES string of the molecule is O=C(O)C(Cl)(Cl)Cl.O=C(O)C(Cl)(Cl)Cl.[Bi]. The standard InChI is InChI=1S/2C2HCl3O2.Bi/c2*3-2(4,5)1(6)7;/h2*(H,6,7);. The smallest absolute Gasteiger partial charge is 0.356 e. The predicted molar refractivity (Wildman–Crippen MR) is 61.6 cm³/mol. The van der Waals surface area contributed by atoms with Gasteiger partial charge >= 0.3 is 11.9 Å². The Morgan fingerprint density at radius 3 is 0.800 bits per heavy atom. The fraction of sp³-hybridized carbons (Fsp3) is 0.500. The van der Waals surface area contributed by atoms with Gasteiger partial charge in [0.2, 0.25) is 0 Å². The second-order valence-corrected chi connectivity index (χ2v) is 6.17. The van der Waals surface area contributed by atoms with E-state index in [2.05, 4.69) is 0 Å². The van der Waals surface area contributed by atoms with Crippen molar-refractivity contribution in [1.82, 2.24) is 0 Å². The van der Waals surface area contributed by atoms with Crippen LogP contribution in [0.2, 0.25) is 0 Å². The molecule has 0 aliphatic heterocycles. The van der Waals surface area contributed by atoms with E-state index < -0.39 is 19.5 Å². The maximum absolute atomic E-state index is 9.62. The van der Waals surface area contributed by atoms with E-state index in [9.17, 15) is 9.59 Å². The third-order valence-electron chi connectivity index (χ3n) is 0.485. The van der Waals surface area contributed by atoms with Crippen molar-refractivity contribution in [2.45, 2.75) is 7.59 Å². The van der Waals surface area contributed by atoms with Crippen LogP contribution in [0, 0.1) is 0 Å². The number of aliphatic carboxylic acids is 2. The molecule has 0 amide bonds. The average Bonchev–Trinajstić information content (AvgIpc) is 1.83. The predicted octanol–water partition coefficient (Wildman–Crippen LogP) is 2.50. The van der Waals surface area contributed by atoms with Crippen molar-refractivity contribution in [2.24, 2.45) is 0 Å². The van der Waals surface area contributed by atoms with E-state index in [-0.39, 0.29) is 26.2 Å². The minimum Gasteiger partial charge on any atom is -0.478 e. The molecular formula is C4H2BiCl6O4. The van der Waals surface area contributed by atoms with Crippen LogP contribution < -0.4 is 0 Å². The van der Waals surface area contributed by atoms with Crippen LogP contribution in [0.3, 0.4) is 0 Å². The van der Waals surface area contributed by atoms with E-state index in [4.69, 9.17) is 79.8 Å². The van der Waals surface area contributed by atoms with Gasteiger partial charge in [0.1, 0.15) is 0 Å². The number of rotatable bonds is 0. The number of carbonyl (C=O) groups is 2. The zero-order valence-corrected chi connectivity index (χ0v) is 14.4. The van der Waals surface area contributed by atoms with E-state index in [0.29, 0.717) is 0 Å². The first-order valence-electron chi connectivity index (χ1n) is 2.49. The zero-order valence-electron chi connectivity index (χ0n) is 6.43. The van der Waals surface area contributed by atoms with E-state index >= 15 is 0 Å². The van der Waals surface area contributed by atoms with Crippen molar-refractivity contribution < 1.29 is 19.8 Å². The minimum atomic E-state index is -2.17. The molecule has 0 fully saturated rings. The molecule has 0 spiro atoms. The Morgan fingerprint density at radius 2 is 0.800 bits per heavy atom. The molecule has 0 heterocycles. The molecule has 0 aliphatic carbocycles. The molecule has 15 heavy (non-hydrogen) atoms. The summed E-state index contributed by atoms with van der Waals surface area (Å²) in [5.74, 6) is -2.92. The Morgan fingerprint density at radius 1 is 0.733 bits per heavy atom. The molecule has 0 atom stereocenters. The average molecular weight is 536 g/mol. The van der Waals surface area contributed by atoms with Crippen molar-refractivity contribution in [1.29, 1.82) is 0 Å². The van der Waals surface area contributed by atoms with Crippen molar-refractivity contribution in [2.75, 3.05) is 0 Å². The normalized spacial score (nSPS) is 10.5. The first-order chi connectivity index (χ1) is 5.89. The third kappa shape index (κ3) is 15.6. The third-order valence-corrected chi connectivity index (χ3v) is 1.46. The second kappa shape index (κ2) is 8.62. The molecule has 3 radical (unpaired) electrons. The van der Waals surface area contributed by atoms with Crippen LogP contribution >= 0.6 is 69.6 Å². The van der Waals surface area contributed by atoms with Gasteiger partial charge in [-0.1, -0.05) is 69.6 Å². The quantitative estimate of drug-likeness (QED) is 0.369. The largest absolute Gasteiger partial charge is 0.478 e. The summed E-state index contributed by atoms with van der Waals surface area (Å²) < 4.78 is -4.33. The maximum atomic E-state index is 9.62. The number of carboxylic acid groups (broad SMARTS) is 2. The molecule has 11 heteroatoms. The fourth-order valence-corrected chi connectivity index (χ4v) is 0. The topological polar surface area (TPSA) is 74.6 Å². The van der Waals surface area contributed by atoms with Gasteiger partial charge in [-0.05, 0) is 0 Å². The van der Waals surface area contributed by atoms with Gasteiger partial charge < -0.3 is 10.2 Å². The van der Waals surface area contributed by atoms with Crippen LogP contribution in [-0.4, -0.2) is 55.9 Å². The molecule has 0 aliphatic rings. The van der Waals surface area contributed by atoms with Crippen LogP contribution in [-0.2, 0) is 9.59 Å². The number of hydrogen-bond donors (Lipinski definition) is 2. The number of carboxylic acids is 2. The molecule has 2 N–H and O–H groups in total. The van der Waals surface area contributed by atoms with Gasteiger partial charge in [-0.2, -0.15) is 0 Å². The van der Waals surface area contributed by atoms with Gasteiger partial charge in [-0.3, -0.25) is 0 Å². The Bertz CT molecular complexity index is 196.